The topological polar surface area (TPSA) is 58.2 Å². The van der Waals surface area contributed by atoms with Gasteiger partial charge in [0.1, 0.15) is 0 Å². The molecule has 0 amide bonds. The minimum atomic E-state index is -3.35. The molecule has 0 atom stereocenters. The van der Waals surface area contributed by atoms with E-state index < -0.39 is 10.0 Å². The highest BCUT2D eigenvalue weighted by atomic mass is 32.2. The fourth-order valence-corrected chi connectivity index (χ4v) is 3.23. The fraction of sp³-hybridized carbons (Fsp3) is 0.538. The quantitative estimate of drug-likeness (QED) is 0.864. The molecule has 0 unspecified atom stereocenters. The number of hydrogen-bond acceptors (Lipinski definition) is 3. The maximum atomic E-state index is 12.1. The lowest BCUT2D eigenvalue weighted by atomic mass is 9.99. The Labute approximate surface area is 109 Å². The summed E-state index contributed by atoms with van der Waals surface area (Å²) in [6.45, 7) is 4.45. The first-order valence-corrected chi connectivity index (χ1v) is 7.83. The molecule has 4 nitrogen and oxygen atoms in total. The maximum absolute atomic E-state index is 12.1. The van der Waals surface area contributed by atoms with Gasteiger partial charge in [-0.25, -0.2) is 13.1 Å². The summed E-state index contributed by atoms with van der Waals surface area (Å²) in [5.74, 6) is 0.450. The highest BCUT2D eigenvalue weighted by Gasteiger charge is 2.18. The molecular weight excluding hydrogens is 248 g/mol. The lowest BCUT2D eigenvalue weighted by Crippen LogP contribution is -2.35. The van der Waals surface area contributed by atoms with Crippen LogP contribution in [0.3, 0.4) is 0 Å². The first kappa shape index (κ1) is 13.5. The zero-order valence-corrected chi connectivity index (χ0v) is 11.5. The van der Waals surface area contributed by atoms with E-state index >= 15 is 0 Å². The molecule has 1 fully saturated rings. The second-order valence-electron chi connectivity index (χ2n) is 4.86. The smallest absolute Gasteiger partial charge is 0.240 e. The third kappa shape index (κ3) is 3.54. The Hall–Kier alpha value is -0.910. The molecule has 18 heavy (non-hydrogen) atoms. The van der Waals surface area contributed by atoms with Crippen molar-refractivity contribution in [3.63, 3.8) is 0 Å². The van der Waals surface area contributed by atoms with Crippen molar-refractivity contribution in [1.29, 1.82) is 0 Å². The number of rotatable bonds is 4. The molecule has 1 aliphatic heterocycles. The van der Waals surface area contributed by atoms with Gasteiger partial charge in [0.05, 0.1) is 4.90 Å². The van der Waals surface area contributed by atoms with Crippen LogP contribution in [0.15, 0.2) is 29.2 Å². The van der Waals surface area contributed by atoms with E-state index in [-0.39, 0.29) is 0 Å². The summed E-state index contributed by atoms with van der Waals surface area (Å²) >= 11 is 0. The Morgan fingerprint density at radius 3 is 2.44 bits per heavy atom. The van der Waals surface area contributed by atoms with Gasteiger partial charge in [0.25, 0.3) is 0 Å². The highest BCUT2D eigenvalue weighted by Crippen LogP contribution is 2.13. The van der Waals surface area contributed by atoms with Crippen LogP contribution in [0.5, 0.6) is 0 Å². The molecule has 0 aromatic heterocycles. The van der Waals surface area contributed by atoms with Crippen LogP contribution in [-0.2, 0) is 10.0 Å². The van der Waals surface area contributed by atoms with E-state index in [1.54, 1.807) is 12.1 Å². The van der Waals surface area contributed by atoms with Gasteiger partial charge in [0.2, 0.25) is 10.0 Å². The maximum Gasteiger partial charge on any atom is 0.240 e. The molecule has 100 valence electrons. The van der Waals surface area contributed by atoms with Crippen molar-refractivity contribution in [1.82, 2.24) is 10.0 Å². The molecule has 2 N–H and O–H groups in total. The average molecular weight is 268 g/mol. The summed E-state index contributed by atoms with van der Waals surface area (Å²) in [6, 6.07) is 6.94. The van der Waals surface area contributed by atoms with Gasteiger partial charge < -0.3 is 5.32 Å². The highest BCUT2D eigenvalue weighted by molar-refractivity contribution is 7.89. The zero-order chi connectivity index (χ0) is 13.0. The van der Waals surface area contributed by atoms with Gasteiger partial charge in [0.15, 0.2) is 0 Å². The Kier molecular flexibility index (Phi) is 4.37. The molecule has 1 aromatic rings. The largest absolute Gasteiger partial charge is 0.317 e. The summed E-state index contributed by atoms with van der Waals surface area (Å²) in [5.41, 5.74) is 1.06. The Morgan fingerprint density at radius 2 is 1.83 bits per heavy atom. The first-order valence-electron chi connectivity index (χ1n) is 6.35. The molecule has 1 saturated heterocycles. The molecule has 0 aliphatic carbocycles. The van der Waals surface area contributed by atoms with Gasteiger partial charge in [-0.15, -0.1) is 0 Å². The van der Waals surface area contributed by atoms with Crippen molar-refractivity contribution >= 4 is 10.0 Å². The summed E-state index contributed by atoms with van der Waals surface area (Å²) in [6.07, 6.45) is 2.08. The second kappa shape index (κ2) is 5.82. The van der Waals surface area contributed by atoms with Gasteiger partial charge in [-0.1, -0.05) is 17.7 Å². The predicted octanol–water partition coefficient (Wildman–Crippen LogP) is 1.27. The van der Waals surface area contributed by atoms with E-state index in [1.165, 1.54) is 0 Å². The van der Waals surface area contributed by atoms with E-state index in [0.29, 0.717) is 17.4 Å². The molecule has 5 heteroatoms. The van der Waals surface area contributed by atoms with Crippen molar-refractivity contribution in [2.45, 2.75) is 24.7 Å². The first-order chi connectivity index (χ1) is 8.58. The Bertz CT molecular complexity index is 476. The zero-order valence-electron chi connectivity index (χ0n) is 10.6. The monoisotopic (exact) mass is 268 g/mol. The molecule has 1 heterocycles. The van der Waals surface area contributed by atoms with Crippen LogP contribution in [0.4, 0.5) is 0 Å². The number of piperidine rings is 1. The van der Waals surface area contributed by atoms with E-state index in [4.69, 9.17) is 0 Å². The van der Waals surface area contributed by atoms with Crippen molar-refractivity contribution in [3.8, 4) is 0 Å². The van der Waals surface area contributed by atoms with Gasteiger partial charge in [-0.2, -0.15) is 0 Å². The standard InChI is InChI=1S/C13H20N2O2S/c1-11-2-4-13(5-3-11)18(16,17)15-10-12-6-8-14-9-7-12/h2-5,12,14-15H,6-10H2,1H3. The van der Waals surface area contributed by atoms with Crippen LogP contribution in [0.25, 0.3) is 0 Å². The molecule has 0 spiro atoms. The van der Waals surface area contributed by atoms with Gasteiger partial charge in [-0.3, -0.25) is 0 Å². The van der Waals surface area contributed by atoms with E-state index in [0.717, 1.165) is 31.5 Å². The SMILES string of the molecule is Cc1ccc(S(=O)(=O)NCC2CCNCC2)cc1. The summed E-state index contributed by atoms with van der Waals surface area (Å²) in [7, 11) is -3.35. The second-order valence-corrected chi connectivity index (χ2v) is 6.63. The average Bonchev–Trinajstić information content (AvgIpc) is 2.38. The van der Waals surface area contributed by atoms with Crippen molar-refractivity contribution in [2.75, 3.05) is 19.6 Å². The van der Waals surface area contributed by atoms with Crippen LogP contribution in [0, 0.1) is 12.8 Å². The van der Waals surface area contributed by atoms with E-state index in [1.807, 2.05) is 19.1 Å². The molecular formula is C13H20N2O2S. The van der Waals surface area contributed by atoms with Crippen molar-refractivity contribution in [2.24, 2.45) is 5.92 Å². The lowest BCUT2D eigenvalue weighted by Gasteiger charge is -2.22. The summed E-state index contributed by atoms with van der Waals surface area (Å²) in [4.78, 5) is 0.349. The molecule has 1 aromatic carbocycles. The van der Waals surface area contributed by atoms with Crippen LogP contribution >= 0.6 is 0 Å². The van der Waals surface area contributed by atoms with Crippen LogP contribution in [0.1, 0.15) is 18.4 Å². The van der Waals surface area contributed by atoms with Gasteiger partial charge in [-0.05, 0) is 50.9 Å². The van der Waals surface area contributed by atoms with E-state index in [2.05, 4.69) is 10.0 Å². The summed E-state index contributed by atoms with van der Waals surface area (Å²) in [5, 5.41) is 3.27. The van der Waals surface area contributed by atoms with Crippen molar-refractivity contribution < 1.29 is 8.42 Å². The van der Waals surface area contributed by atoms with Gasteiger partial charge in [0, 0.05) is 6.54 Å². The number of benzene rings is 1. The molecule has 2 rings (SSSR count). The lowest BCUT2D eigenvalue weighted by molar-refractivity contribution is 0.372. The minimum Gasteiger partial charge on any atom is -0.317 e. The Morgan fingerprint density at radius 1 is 1.22 bits per heavy atom. The summed E-state index contributed by atoms with van der Waals surface area (Å²) < 4.78 is 26.8. The van der Waals surface area contributed by atoms with Gasteiger partial charge >= 0.3 is 0 Å². The van der Waals surface area contributed by atoms with Crippen LogP contribution < -0.4 is 10.0 Å². The third-order valence-corrected chi connectivity index (χ3v) is 4.79. The van der Waals surface area contributed by atoms with E-state index in [9.17, 15) is 8.42 Å². The number of sulfonamides is 1. The van der Waals surface area contributed by atoms with Crippen molar-refractivity contribution in [3.05, 3.63) is 29.8 Å². The predicted molar refractivity (Wildman–Crippen MR) is 72.0 cm³/mol. The minimum absolute atomic E-state index is 0.349. The molecule has 0 bridgehead atoms. The van der Waals surface area contributed by atoms with Crippen LogP contribution in [0.2, 0.25) is 0 Å². The van der Waals surface area contributed by atoms with Crippen LogP contribution in [-0.4, -0.2) is 28.1 Å². The fourth-order valence-electron chi connectivity index (χ4n) is 2.11. The normalized spacial score (nSPS) is 17.8. The third-order valence-electron chi connectivity index (χ3n) is 3.35. The number of aryl methyl sites for hydroxylation is 1. The molecule has 0 saturated carbocycles. The molecule has 1 aliphatic rings. The molecule has 0 radical (unpaired) electrons. The Balaban J connectivity index is 1.96. The number of nitrogens with one attached hydrogen (secondary N) is 2. The number of hydrogen-bond donors (Lipinski definition) is 2.